The van der Waals surface area contributed by atoms with Crippen molar-refractivity contribution < 1.29 is 0 Å². The van der Waals surface area contributed by atoms with E-state index in [1.165, 1.54) is 0 Å². The van der Waals surface area contributed by atoms with Gasteiger partial charge in [-0.25, -0.2) is 4.98 Å². The lowest BCUT2D eigenvalue weighted by molar-refractivity contribution is 0.813. The van der Waals surface area contributed by atoms with E-state index in [1.807, 2.05) is 7.05 Å². The molecule has 0 aliphatic carbocycles. The van der Waals surface area contributed by atoms with E-state index in [-0.39, 0.29) is 0 Å². The van der Waals surface area contributed by atoms with Crippen LogP contribution in [-0.2, 0) is 13.6 Å². The van der Waals surface area contributed by atoms with Gasteiger partial charge in [0.2, 0.25) is 0 Å². The lowest BCUT2D eigenvalue weighted by Crippen LogP contribution is -2.06. The van der Waals surface area contributed by atoms with Crippen LogP contribution >= 0.6 is 34.8 Å². The Morgan fingerprint density at radius 2 is 1.88 bits per heavy atom. The summed E-state index contributed by atoms with van der Waals surface area (Å²) in [5.74, 6) is 0.811. The molecule has 1 aromatic carbocycles. The third kappa shape index (κ3) is 2.68. The first-order valence-corrected chi connectivity index (χ1v) is 6.07. The fourth-order valence-electron chi connectivity index (χ4n) is 1.42. The molecule has 0 amide bonds. The van der Waals surface area contributed by atoms with Crippen LogP contribution in [-0.4, -0.2) is 9.55 Å². The number of nitrogens with zero attached hydrogens (tertiary/aromatic N) is 2. The predicted octanol–water partition coefficient (Wildman–Crippen LogP) is 3.99. The molecule has 2 rings (SSSR count). The minimum absolute atomic E-state index is 0.507. The minimum atomic E-state index is 0.507. The highest BCUT2D eigenvalue weighted by Gasteiger charge is 2.07. The average molecular weight is 291 g/mol. The molecule has 1 heterocycles. The molecule has 0 fully saturated rings. The molecule has 90 valence electrons. The van der Waals surface area contributed by atoms with Gasteiger partial charge in [-0.05, 0) is 12.1 Å². The summed E-state index contributed by atoms with van der Waals surface area (Å²) in [6.07, 6.45) is 1.60. The van der Waals surface area contributed by atoms with E-state index in [2.05, 4.69) is 10.3 Å². The Morgan fingerprint density at radius 1 is 1.24 bits per heavy atom. The zero-order chi connectivity index (χ0) is 12.4. The van der Waals surface area contributed by atoms with E-state index >= 15 is 0 Å². The number of halogens is 3. The number of benzene rings is 1. The van der Waals surface area contributed by atoms with E-state index in [0.29, 0.717) is 27.4 Å². The number of rotatable bonds is 3. The number of hydrogen-bond acceptors (Lipinski definition) is 2. The molecule has 17 heavy (non-hydrogen) atoms. The van der Waals surface area contributed by atoms with Crippen molar-refractivity contribution in [3.05, 3.63) is 45.4 Å². The zero-order valence-corrected chi connectivity index (χ0v) is 11.3. The molecule has 0 saturated heterocycles. The lowest BCUT2D eigenvalue weighted by atomic mass is 10.3. The maximum atomic E-state index is 6.04. The van der Waals surface area contributed by atoms with Gasteiger partial charge in [0.1, 0.15) is 11.0 Å². The minimum Gasteiger partial charge on any atom is -0.375 e. The molecular formula is C11H10Cl3N3. The summed E-state index contributed by atoms with van der Waals surface area (Å²) in [5.41, 5.74) is 0.704. The van der Waals surface area contributed by atoms with Gasteiger partial charge in [-0.2, -0.15) is 0 Å². The van der Waals surface area contributed by atoms with Gasteiger partial charge in [-0.3, -0.25) is 0 Å². The van der Waals surface area contributed by atoms with E-state index in [0.717, 1.165) is 5.82 Å². The number of aromatic nitrogens is 2. The van der Waals surface area contributed by atoms with Crippen molar-refractivity contribution in [3.63, 3.8) is 0 Å². The standard InChI is InChI=1S/C11H10Cl3N3/c1-17-9(14)5-15-10(17)6-16-11-7(12)3-2-4-8(11)13/h2-5,16H,6H2,1H3. The molecule has 1 N–H and O–H groups in total. The molecule has 0 spiro atoms. The molecule has 0 unspecified atom stereocenters. The monoisotopic (exact) mass is 289 g/mol. The molecule has 6 heteroatoms. The van der Waals surface area contributed by atoms with Crippen LogP contribution in [0.2, 0.25) is 15.2 Å². The van der Waals surface area contributed by atoms with Crippen LogP contribution in [0.4, 0.5) is 5.69 Å². The Morgan fingerprint density at radius 3 is 2.41 bits per heavy atom. The maximum absolute atomic E-state index is 6.04. The quantitative estimate of drug-likeness (QED) is 0.926. The number of nitrogens with one attached hydrogen (secondary N) is 1. The number of para-hydroxylation sites is 1. The molecule has 0 saturated carbocycles. The molecule has 0 atom stereocenters. The topological polar surface area (TPSA) is 29.9 Å². The van der Waals surface area contributed by atoms with Crippen molar-refractivity contribution in [1.29, 1.82) is 0 Å². The van der Waals surface area contributed by atoms with Crippen molar-refractivity contribution >= 4 is 40.5 Å². The van der Waals surface area contributed by atoms with E-state index in [9.17, 15) is 0 Å². The second-order valence-corrected chi connectivity index (χ2v) is 4.71. The summed E-state index contributed by atoms with van der Waals surface area (Å²) in [5, 5.41) is 4.90. The van der Waals surface area contributed by atoms with Crippen LogP contribution in [0.3, 0.4) is 0 Å². The summed E-state index contributed by atoms with van der Waals surface area (Å²) in [6, 6.07) is 5.36. The number of hydrogen-bond donors (Lipinski definition) is 1. The Labute approximate surface area is 114 Å². The van der Waals surface area contributed by atoms with Gasteiger partial charge < -0.3 is 9.88 Å². The number of anilines is 1. The van der Waals surface area contributed by atoms with Crippen LogP contribution in [0.1, 0.15) is 5.82 Å². The Kier molecular flexibility index (Phi) is 3.82. The largest absolute Gasteiger partial charge is 0.375 e. The summed E-state index contributed by atoms with van der Waals surface area (Å²) in [4.78, 5) is 4.17. The Hall–Kier alpha value is -0.900. The predicted molar refractivity (Wildman–Crippen MR) is 72.0 cm³/mol. The highest BCUT2D eigenvalue weighted by molar-refractivity contribution is 6.39. The van der Waals surface area contributed by atoms with Crippen LogP contribution in [0.5, 0.6) is 0 Å². The molecule has 0 aliphatic rings. The summed E-state index contributed by atoms with van der Waals surface area (Å²) >= 11 is 18.0. The van der Waals surface area contributed by atoms with Crippen LogP contribution in [0, 0.1) is 0 Å². The molecule has 1 aromatic heterocycles. The SMILES string of the molecule is Cn1c(Cl)cnc1CNc1c(Cl)cccc1Cl. The lowest BCUT2D eigenvalue weighted by Gasteiger charge is -2.10. The summed E-state index contributed by atoms with van der Waals surface area (Å²) < 4.78 is 1.79. The van der Waals surface area contributed by atoms with Gasteiger partial charge in [-0.1, -0.05) is 40.9 Å². The number of imidazole rings is 1. The van der Waals surface area contributed by atoms with Crippen molar-refractivity contribution in [2.45, 2.75) is 6.54 Å². The first-order chi connectivity index (χ1) is 8.09. The van der Waals surface area contributed by atoms with Gasteiger partial charge in [0.05, 0.1) is 28.5 Å². The molecule has 0 aliphatic heterocycles. The Bertz CT molecular complexity index is 517. The highest BCUT2D eigenvalue weighted by Crippen LogP contribution is 2.30. The molecule has 0 bridgehead atoms. The van der Waals surface area contributed by atoms with Gasteiger partial charge in [0.25, 0.3) is 0 Å². The first kappa shape index (κ1) is 12.6. The second-order valence-electron chi connectivity index (χ2n) is 3.51. The normalized spacial score (nSPS) is 10.6. The van der Waals surface area contributed by atoms with Crippen LogP contribution in [0.25, 0.3) is 0 Å². The van der Waals surface area contributed by atoms with E-state index in [4.69, 9.17) is 34.8 Å². The summed E-state index contributed by atoms with van der Waals surface area (Å²) in [6.45, 7) is 0.507. The fourth-order valence-corrected chi connectivity index (χ4v) is 2.10. The van der Waals surface area contributed by atoms with Gasteiger partial charge in [0.15, 0.2) is 0 Å². The van der Waals surface area contributed by atoms with Crippen molar-refractivity contribution in [2.75, 3.05) is 5.32 Å². The molecule has 2 aromatic rings. The van der Waals surface area contributed by atoms with Gasteiger partial charge in [-0.15, -0.1) is 0 Å². The van der Waals surface area contributed by atoms with Crippen molar-refractivity contribution in [1.82, 2.24) is 9.55 Å². The average Bonchev–Trinajstić information content (AvgIpc) is 2.60. The fraction of sp³-hybridized carbons (Fsp3) is 0.182. The van der Waals surface area contributed by atoms with E-state index in [1.54, 1.807) is 29.0 Å². The maximum Gasteiger partial charge on any atom is 0.128 e. The molecule has 0 radical (unpaired) electrons. The van der Waals surface area contributed by atoms with Crippen molar-refractivity contribution in [2.24, 2.45) is 7.05 Å². The van der Waals surface area contributed by atoms with Crippen LogP contribution < -0.4 is 5.32 Å². The third-order valence-corrected chi connectivity index (χ3v) is 3.39. The second kappa shape index (κ2) is 5.17. The van der Waals surface area contributed by atoms with Crippen LogP contribution in [0.15, 0.2) is 24.4 Å². The van der Waals surface area contributed by atoms with E-state index < -0.39 is 0 Å². The van der Waals surface area contributed by atoms with Crippen molar-refractivity contribution in [3.8, 4) is 0 Å². The Balaban J connectivity index is 2.15. The van der Waals surface area contributed by atoms with Gasteiger partial charge >= 0.3 is 0 Å². The third-order valence-electron chi connectivity index (χ3n) is 2.41. The molecular weight excluding hydrogens is 281 g/mol. The zero-order valence-electron chi connectivity index (χ0n) is 9.04. The highest BCUT2D eigenvalue weighted by atomic mass is 35.5. The molecule has 3 nitrogen and oxygen atoms in total. The smallest absolute Gasteiger partial charge is 0.128 e. The first-order valence-electron chi connectivity index (χ1n) is 4.93. The van der Waals surface area contributed by atoms with Gasteiger partial charge in [0, 0.05) is 7.05 Å². The summed E-state index contributed by atoms with van der Waals surface area (Å²) in [7, 11) is 1.85.